The topological polar surface area (TPSA) is 72.8 Å². The van der Waals surface area contributed by atoms with Gasteiger partial charge in [0.25, 0.3) is 0 Å². The molecule has 1 N–H and O–H groups in total. The second-order valence-electron chi connectivity index (χ2n) is 4.41. The first-order chi connectivity index (χ1) is 11.8. The highest BCUT2D eigenvalue weighted by Gasteiger charge is 2.35. The molecule has 0 aliphatic carbocycles. The number of alkyl halides is 6. The number of halogens is 8. The van der Waals surface area contributed by atoms with Crippen molar-refractivity contribution < 1.29 is 35.9 Å². The third kappa shape index (κ3) is 6.75. The molecule has 0 spiro atoms. The minimum Gasteiger partial charge on any atom is -0.465 e. The van der Waals surface area contributed by atoms with Gasteiger partial charge in [-0.3, -0.25) is 9.89 Å². The van der Waals surface area contributed by atoms with Crippen molar-refractivity contribution in [1.82, 2.24) is 20.0 Å². The Morgan fingerprint density at radius 1 is 1.19 bits per heavy atom. The molecule has 0 saturated heterocycles. The predicted octanol–water partition coefficient (Wildman–Crippen LogP) is 4.20. The van der Waals surface area contributed by atoms with Crippen molar-refractivity contribution in [3.8, 4) is 0 Å². The molecule has 0 unspecified atom stereocenters. The van der Waals surface area contributed by atoms with Crippen LogP contribution in [0, 0.1) is 0 Å². The first-order valence-electron chi connectivity index (χ1n) is 6.58. The van der Waals surface area contributed by atoms with Crippen molar-refractivity contribution in [2.75, 3.05) is 6.61 Å². The predicted molar refractivity (Wildman–Crippen MR) is 77.5 cm³/mol. The highest BCUT2D eigenvalue weighted by molar-refractivity contribution is 6.29. The lowest BCUT2D eigenvalue weighted by Gasteiger charge is -2.03. The first-order valence-corrected chi connectivity index (χ1v) is 7.34. The molecule has 2 heterocycles. The molecule has 0 aromatic carbocycles. The lowest BCUT2D eigenvalue weighted by molar-refractivity contribution is -0.146. The molecule has 2 rings (SSSR count). The second kappa shape index (κ2) is 8.62. The number of rotatable bonds is 3. The van der Waals surface area contributed by atoms with Gasteiger partial charge in [0.2, 0.25) is 0 Å². The van der Waals surface area contributed by atoms with Crippen molar-refractivity contribution in [3.05, 3.63) is 33.8 Å². The van der Waals surface area contributed by atoms with Crippen molar-refractivity contribution >= 4 is 29.2 Å². The smallest absolute Gasteiger partial charge is 0.435 e. The molecular formula is C12H10Cl2F6N4O2. The molecule has 0 saturated carbocycles. The van der Waals surface area contributed by atoms with Crippen LogP contribution in [0.1, 0.15) is 18.3 Å². The Kier molecular flexibility index (Phi) is 7.33. The molecule has 0 radical (unpaired) electrons. The van der Waals surface area contributed by atoms with Crippen LogP contribution in [-0.4, -0.2) is 32.6 Å². The summed E-state index contributed by atoms with van der Waals surface area (Å²) in [6, 6.07) is 1.38. The lowest BCUT2D eigenvalue weighted by atomic mass is 10.4. The molecule has 0 aliphatic rings. The fraction of sp³-hybridized carbons (Fsp3) is 0.417. The number of hydrogen-bond donors (Lipinski definition) is 1. The number of nitrogens with one attached hydrogen (secondary N) is 1. The maximum atomic E-state index is 12.2. The van der Waals surface area contributed by atoms with Crippen LogP contribution in [-0.2, 0) is 28.4 Å². The third-order valence-electron chi connectivity index (χ3n) is 2.46. The van der Waals surface area contributed by atoms with Gasteiger partial charge >= 0.3 is 18.3 Å². The summed E-state index contributed by atoms with van der Waals surface area (Å²) in [5.74, 6) is -0.693. The minimum atomic E-state index is -4.58. The number of H-pyrrole nitrogens is 1. The maximum absolute atomic E-state index is 12.2. The SMILES string of the molecule is CCOC(=O)Cn1nc(C(F)(F)F)cc1Cl.FC(F)(F)c1cc(Cl)n[nH]1. The first kappa shape index (κ1) is 22.1. The minimum absolute atomic E-state index is 0.143. The zero-order valence-electron chi connectivity index (χ0n) is 12.8. The fourth-order valence-corrected chi connectivity index (χ4v) is 1.77. The fourth-order valence-electron chi connectivity index (χ4n) is 1.41. The summed E-state index contributed by atoms with van der Waals surface area (Å²) in [6.45, 7) is 1.29. The molecule has 26 heavy (non-hydrogen) atoms. The van der Waals surface area contributed by atoms with Gasteiger partial charge in [0, 0.05) is 12.1 Å². The van der Waals surface area contributed by atoms with E-state index in [1.54, 1.807) is 12.0 Å². The van der Waals surface area contributed by atoms with Gasteiger partial charge in [-0.05, 0) is 6.92 Å². The number of nitrogens with zero attached hydrogens (tertiary/aromatic N) is 3. The lowest BCUT2D eigenvalue weighted by Crippen LogP contribution is -2.15. The van der Waals surface area contributed by atoms with Crippen LogP contribution in [0.3, 0.4) is 0 Å². The number of carbonyl (C=O) groups excluding carboxylic acids is 1. The van der Waals surface area contributed by atoms with Crippen LogP contribution in [0.15, 0.2) is 12.1 Å². The van der Waals surface area contributed by atoms with Crippen molar-refractivity contribution in [3.63, 3.8) is 0 Å². The van der Waals surface area contributed by atoms with Gasteiger partial charge in [0.05, 0.1) is 6.61 Å². The van der Waals surface area contributed by atoms with E-state index < -0.39 is 36.3 Å². The largest absolute Gasteiger partial charge is 0.465 e. The van der Waals surface area contributed by atoms with E-state index in [-0.39, 0.29) is 16.9 Å². The molecule has 6 nitrogen and oxygen atoms in total. The van der Waals surface area contributed by atoms with Crippen LogP contribution in [0.4, 0.5) is 26.3 Å². The molecule has 0 bridgehead atoms. The number of carbonyl (C=O) groups is 1. The van der Waals surface area contributed by atoms with Crippen LogP contribution in [0.5, 0.6) is 0 Å². The zero-order valence-corrected chi connectivity index (χ0v) is 14.3. The standard InChI is InChI=1S/C8H8ClF3N2O2.C4H2ClF3N2/c1-2-16-7(15)4-14-6(9)3-5(13-14)8(10,11)12;5-3-1-2(9-10-3)4(6,7)8/h3H,2,4H2,1H3;1H,(H,9,10). The molecule has 2 aromatic heterocycles. The zero-order chi connectivity index (χ0) is 20.1. The molecule has 14 heteroatoms. The van der Waals surface area contributed by atoms with Crippen LogP contribution in [0.25, 0.3) is 0 Å². The highest BCUT2D eigenvalue weighted by atomic mass is 35.5. The summed E-state index contributed by atoms with van der Waals surface area (Å²) in [4.78, 5) is 11.0. The Balaban J connectivity index is 0.000000289. The maximum Gasteiger partial charge on any atom is 0.435 e. The number of aromatic nitrogens is 4. The number of esters is 1. The van der Waals surface area contributed by atoms with E-state index in [0.717, 1.165) is 10.7 Å². The summed E-state index contributed by atoms with van der Waals surface area (Å²) in [7, 11) is 0. The van der Waals surface area contributed by atoms with Gasteiger partial charge < -0.3 is 4.74 Å². The van der Waals surface area contributed by atoms with Gasteiger partial charge in [-0.1, -0.05) is 23.2 Å². The van der Waals surface area contributed by atoms with E-state index >= 15 is 0 Å². The summed E-state index contributed by atoms with van der Waals surface area (Å²) in [5, 5.41) is 7.55. The normalized spacial score (nSPS) is 11.7. The molecule has 0 fully saturated rings. The monoisotopic (exact) mass is 426 g/mol. The van der Waals surface area contributed by atoms with Gasteiger partial charge in [0.1, 0.15) is 17.4 Å². The molecule has 2 aromatic rings. The van der Waals surface area contributed by atoms with Gasteiger partial charge in [0.15, 0.2) is 10.8 Å². The van der Waals surface area contributed by atoms with Crippen LogP contribution >= 0.6 is 23.2 Å². The molecule has 146 valence electrons. The molecule has 0 aliphatic heterocycles. The van der Waals surface area contributed by atoms with E-state index in [9.17, 15) is 31.1 Å². The average molecular weight is 427 g/mol. The third-order valence-corrected chi connectivity index (χ3v) is 2.96. The Hall–Kier alpha value is -1.95. The number of ether oxygens (including phenoxy) is 1. The summed E-state index contributed by atoms with van der Waals surface area (Å²) < 4.78 is 77.0. The van der Waals surface area contributed by atoms with Crippen LogP contribution < -0.4 is 0 Å². The molecule has 0 amide bonds. The van der Waals surface area contributed by atoms with E-state index in [1.807, 2.05) is 0 Å². The summed E-state index contributed by atoms with van der Waals surface area (Å²) in [6.07, 6.45) is -8.97. The highest BCUT2D eigenvalue weighted by Crippen LogP contribution is 2.30. The second-order valence-corrected chi connectivity index (χ2v) is 5.19. The summed E-state index contributed by atoms with van der Waals surface area (Å²) >= 11 is 10.6. The Morgan fingerprint density at radius 3 is 2.15 bits per heavy atom. The van der Waals surface area contributed by atoms with E-state index in [0.29, 0.717) is 6.07 Å². The Morgan fingerprint density at radius 2 is 1.81 bits per heavy atom. The van der Waals surface area contributed by atoms with Gasteiger partial charge in [-0.25, -0.2) is 4.68 Å². The van der Waals surface area contributed by atoms with E-state index in [4.69, 9.17) is 23.2 Å². The molecule has 0 atom stereocenters. The quantitative estimate of drug-likeness (QED) is 0.589. The van der Waals surface area contributed by atoms with E-state index in [1.165, 1.54) is 0 Å². The molecular weight excluding hydrogens is 417 g/mol. The van der Waals surface area contributed by atoms with Gasteiger partial charge in [-0.15, -0.1) is 0 Å². The van der Waals surface area contributed by atoms with Crippen molar-refractivity contribution in [2.45, 2.75) is 25.8 Å². The van der Waals surface area contributed by atoms with Gasteiger partial charge in [-0.2, -0.15) is 36.5 Å². The van der Waals surface area contributed by atoms with E-state index in [2.05, 4.69) is 14.9 Å². The number of hydrogen-bond acceptors (Lipinski definition) is 4. The Bertz CT molecular complexity index is 741. The average Bonchev–Trinajstić information content (AvgIpc) is 3.06. The number of aromatic amines is 1. The van der Waals surface area contributed by atoms with Crippen molar-refractivity contribution in [1.29, 1.82) is 0 Å². The van der Waals surface area contributed by atoms with Crippen LogP contribution in [0.2, 0.25) is 10.3 Å². The Labute approximate surface area is 152 Å². The van der Waals surface area contributed by atoms with Crippen molar-refractivity contribution in [2.24, 2.45) is 0 Å². The summed E-state index contributed by atoms with van der Waals surface area (Å²) in [5.41, 5.74) is -2.07.